The first-order valence-corrected chi connectivity index (χ1v) is 9.59. The molecule has 0 bridgehead atoms. The SMILES string of the molecule is Cc1cccc(CCC(=O)N2CCN(c3cc(-n4cccn4)ncn3)CC2)c1. The van der Waals surface area contributed by atoms with E-state index in [1.807, 2.05) is 29.3 Å². The van der Waals surface area contributed by atoms with E-state index < -0.39 is 0 Å². The van der Waals surface area contributed by atoms with Gasteiger partial charge in [-0.15, -0.1) is 0 Å². The topological polar surface area (TPSA) is 67.2 Å². The zero-order chi connectivity index (χ0) is 19.3. The van der Waals surface area contributed by atoms with E-state index in [-0.39, 0.29) is 5.91 Å². The summed E-state index contributed by atoms with van der Waals surface area (Å²) in [5.74, 6) is 1.83. The van der Waals surface area contributed by atoms with E-state index in [2.05, 4.69) is 45.1 Å². The van der Waals surface area contributed by atoms with Crippen LogP contribution in [0.25, 0.3) is 5.82 Å². The number of benzene rings is 1. The van der Waals surface area contributed by atoms with E-state index in [4.69, 9.17) is 0 Å². The second-order valence-electron chi connectivity index (χ2n) is 7.04. The number of carbonyl (C=O) groups is 1. The number of amides is 1. The largest absolute Gasteiger partial charge is 0.353 e. The molecule has 0 saturated carbocycles. The lowest BCUT2D eigenvalue weighted by molar-refractivity contribution is -0.131. The van der Waals surface area contributed by atoms with E-state index >= 15 is 0 Å². The maximum absolute atomic E-state index is 12.6. The van der Waals surface area contributed by atoms with Gasteiger partial charge < -0.3 is 9.80 Å². The van der Waals surface area contributed by atoms with Crippen LogP contribution < -0.4 is 4.90 Å². The van der Waals surface area contributed by atoms with E-state index in [0.29, 0.717) is 19.5 Å². The van der Waals surface area contributed by atoms with Crippen LogP contribution in [0.5, 0.6) is 0 Å². The van der Waals surface area contributed by atoms with Gasteiger partial charge in [-0.1, -0.05) is 29.8 Å². The summed E-state index contributed by atoms with van der Waals surface area (Å²) in [6, 6.07) is 12.2. The minimum Gasteiger partial charge on any atom is -0.353 e. The molecule has 0 aliphatic carbocycles. The Morgan fingerprint density at radius 3 is 2.61 bits per heavy atom. The Bertz CT molecular complexity index is 932. The molecule has 1 saturated heterocycles. The first kappa shape index (κ1) is 18.2. The smallest absolute Gasteiger partial charge is 0.223 e. The normalized spacial score (nSPS) is 14.3. The number of piperazine rings is 1. The van der Waals surface area contributed by atoms with Gasteiger partial charge in [-0.2, -0.15) is 5.10 Å². The molecule has 0 atom stereocenters. The average Bonchev–Trinajstić information content (AvgIpc) is 3.27. The number of carbonyl (C=O) groups excluding carboxylic acids is 1. The Kier molecular flexibility index (Phi) is 5.32. The summed E-state index contributed by atoms with van der Waals surface area (Å²) in [6.07, 6.45) is 6.49. The number of aryl methyl sites for hydroxylation is 2. The van der Waals surface area contributed by atoms with Gasteiger partial charge in [0.25, 0.3) is 0 Å². The van der Waals surface area contributed by atoms with Gasteiger partial charge in [-0.05, 0) is 25.0 Å². The highest BCUT2D eigenvalue weighted by molar-refractivity contribution is 5.76. The summed E-state index contributed by atoms with van der Waals surface area (Å²) in [5, 5.41) is 4.21. The van der Waals surface area contributed by atoms with E-state index in [9.17, 15) is 4.79 Å². The minimum atomic E-state index is 0.223. The molecule has 4 rings (SSSR count). The van der Waals surface area contributed by atoms with E-state index in [0.717, 1.165) is 31.1 Å². The van der Waals surface area contributed by atoms with Crippen molar-refractivity contribution in [3.05, 3.63) is 66.2 Å². The van der Waals surface area contributed by atoms with Crippen molar-refractivity contribution in [1.29, 1.82) is 0 Å². The molecular weight excluding hydrogens is 352 g/mol. The second-order valence-corrected chi connectivity index (χ2v) is 7.04. The summed E-state index contributed by atoms with van der Waals surface area (Å²) in [6.45, 7) is 5.05. The Morgan fingerprint density at radius 2 is 1.86 bits per heavy atom. The lowest BCUT2D eigenvalue weighted by Gasteiger charge is -2.35. The molecule has 0 spiro atoms. The summed E-state index contributed by atoms with van der Waals surface area (Å²) in [4.78, 5) is 25.4. The second kappa shape index (κ2) is 8.21. The summed E-state index contributed by atoms with van der Waals surface area (Å²) in [5.41, 5.74) is 2.46. The maximum atomic E-state index is 12.6. The highest BCUT2D eigenvalue weighted by Gasteiger charge is 2.22. The molecule has 1 fully saturated rings. The Hall–Kier alpha value is -3.22. The number of aromatic nitrogens is 4. The summed E-state index contributed by atoms with van der Waals surface area (Å²) in [7, 11) is 0. The number of hydrogen-bond donors (Lipinski definition) is 0. The van der Waals surface area contributed by atoms with Crippen molar-refractivity contribution in [2.24, 2.45) is 0 Å². The molecule has 1 aliphatic rings. The Morgan fingerprint density at radius 1 is 1.04 bits per heavy atom. The third kappa shape index (κ3) is 4.19. The Labute approximate surface area is 164 Å². The predicted octanol–water partition coefficient (Wildman–Crippen LogP) is 2.25. The molecule has 3 heterocycles. The van der Waals surface area contributed by atoms with Crippen molar-refractivity contribution in [2.45, 2.75) is 19.8 Å². The molecule has 1 aliphatic heterocycles. The van der Waals surface area contributed by atoms with E-state index in [1.54, 1.807) is 17.2 Å². The number of rotatable bonds is 5. The van der Waals surface area contributed by atoms with Crippen molar-refractivity contribution in [3.8, 4) is 5.82 Å². The lowest BCUT2D eigenvalue weighted by atomic mass is 10.1. The molecule has 1 aromatic carbocycles. The van der Waals surface area contributed by atoms with Gasteiger partial charge >= 0.3 is 0 Å². The van der Waals surface area contributed by atoms with Crippen molar-refractivity contribution in [1.82, 2.24) is 24.6 Å². The molecule has 7 heteroatoms. The molecule has 0 unspecified atom stereocenters. The van der Waals surface area contributed by atoms with Crippen LogP contribution in [-0.2, 0) is 11.2 Å². The lowest BCUT2D eigenvalue weighted by Crippen LogP contribution is -2.49. The van der Waals surface area contributed by atoms with Gasteiger partial charge in [-0.25, -0.2) is 14.6 Å². The van der Waals surface area contributed by atoms with Crippen LogP contribution in [0.3, 0.4) is 0 Å². The molecule has 28 heavy (non-hydrogen) atoms. The van der Waals surface area contributed by atoms with Crippen molar-refractivity contribution < 1.29 is 4.79 Å². The highest BCUT2D eigenvalue weighted by atomic mass is 16.2. The van der Waals surface area contributed by atoms with Crippen LogP contribution in [-0.4, -0.2) is 56.7 Å². The van der Waals surface area contributed by atoms with Crippen LogP contribution in [0.2, 0.25) is 0 Å². The highest BCUT2D eigenvalue weighted by Crippen LogP contribution is 2.16. The molecule has 2 aromatic heterocycles. The fraction of sp³-hybridized carbons (Fsp3) is 0.333. The average molecular weight is 376 g/mol. The first-order valence-electron chi connectivity index (χ1n) is 9.59. The minimum absolute atomic E-state index is 0.223. The molecule has 1 amide bonds. The van der Waals surface area contributed by atoms with Crippen molar-refractivity contribution >= 4 is 11.7 Å². The Balaban J connectivity index is 1.32. The molecule has 0 radical (unpaired) electrons. The van der Waals surface area contributed by atoms with Crippen LogP contribution in [0.15, 0.2) is 55.1 Å². The molecule has 7 nitrogen and oxygen atoms in total. The van der Waals surface area contributed by atoms with Gasteiger partial charge in [-0.3, -0.25) is 4.79 Å². The van der Waals surface area contributed by atoms with E-state index in [1.165, 1.54) is 11.1 Å². The quantitative estimate of drug-likeness (QED) is 0.683. The van der Waals surface area contributed by atoms with Crippen molar-refractivity contribution in [3.63, 3.8) is 0 Å². The van der Waals surface area contributed by atoms with Gasteiger partial charge in [0.1, 0.15) is 12.1 Å². The number of nitrogens with zero attached hydrogens (tertiary/aromatic N) is 6. The third-order valence-electron chi connectivity index (χ3n) is 5.04. The molecule has 3 aromatic rings. The van der Waals surface area contributed by atoms with Crippen molar-refractivity contribution in [2.75, 3.05) is 31.1 Å². The standard InChI is InChI=1S/C21H24N6O/c1-17-4-2-5-18(14-17)6-7-21(28)26-12-10-25(11-13-26)19-15-20(23-16-22-19)27-9-3-8-24-27/h2-5,8-9,14-16H,6-7,10-13H2,1H3. The number of anilines is 1. The number of hydrogen-bond acceptors (Lipinski definition) is 5. The molecule has 0 N–H and O–H groups in total. The zero-order valence-electron chi connectivity index (χ0n) is 16.0. The first-order chi connectivity index (χ1) is 13.7. The van der Waals surface area contributed by atoms with Gasteiger partial charge in [0, 0.05) is 51.1 Å². The van der Waals surface area contributed by atoms with Crippen LogP contribution in [0, 0.1) is 6.92 Å². The third-order valence-corrected chi connectivity index (χ3v) is 5.04. The van der Waals surface area contributed by atoms with Crippen LogP contribution in [0.4, 0.5) is 5.82 Å². The van der Waals surface area contributed by atoms with Gasteiger partial charge in [0.05, 0.1) is 0 Å². The maximum Gasteiger partial charge on any atom is 0.223 e. The summed E-state index contributed by atoms with van der Waals surface area (Å²) < 4.78 is 1.72. The fourth-order valence-electron chi connectivity index (χ4n) is 3.50. The predicted molar refractivity (Wildman–Crippen MR) is 107 cm³/mol. The molecule has 144 valence electrons. The van der Waals surface area contributed by atoms with Crippen LogP contribution >= 0.6 is 0 Å². The van der Waals surface area contributed by atoms with Gasteiger partial charge in [0.2, 0.25) is 5.91 Å². The van der Waals surface area contributed by atoms with Gasteiger partial charge in [0.15, 0.2) is 5.82 Å². The van der Waals surface area contributed by atoms with Crippen LogP contribution in [0.1, 0.15) is 17.5 Å². The summed E-state index contributed by atoms with van der Waals surface area (Å²) >= 11 is 0. The fourth-order valence-corrected chi connectivity index (χ4v) is 3.50. The zero-order valence-corrected chi connectivity index (χ0v) is 16.0. The molecular formula is C21H24N6O. The monoisotopic (exact) mass is 376 g/mol.